The molecule has 7 heteroatoms. The Morgan fingerprint density at radius 1 is 1.55 bits per heavy atom. The number of rotatable bonds is 7. The number of ether oxygens (including phenoxy) is 1. The van der Waals surface area contributed by atoms with Crippen LogP contribution < -0.4 is 5.32 Å². The van der Waals surface area contributed by atoms with Crippen LogP contribution in [-0.4, -0.2) is 30.6 Å². The number of halogens is 1. The first-order valence-corrected chi connectivity index (χ1v) is 6.23. The van der Waals surface area contributed by atoms with Crippen LogP contribution in [0.3, 0.4) is 0 Å². The van der Waals surface area contributed by atoms with Crippen LogP contribution in [0.15, 0.2) is 18.2 Å². The van der Waals surface area contributed by atoms with Crippen molar-refractivity contribution in [1.29, 1.82) is 0 Å². The van der Waals surface area contributed by atoms with Gasteiger partial charge in [0.25, 0.3) is 11.6 Å². The third kappa shape index (κ3) is 4.27. The van der Waals surface area contributed by atoms with Crippen molar-refractivity contribution in [3.05, 3.63) is 39.7 Å². The molecule has 1 aromatic rings. The molecule has 1 aromatic carbocycles. The van der Waals surface area contributed by atoms with E-state index in [0.29, 0.717) is 13.0 Å². The maximum Gasteiger partial charge on any atom is 0.270 e. The maximum absolute atomic E-state index is 13.6. The van der Waals surface area contributed by atoms with Gasteiger partial charge in [-0.05, 0) is 12.5 Å². The van der Waals surface area contributed by atoms with E-state index in [0.717, 1.165) is 24.6 Å². The minimum atomic E-state index is -0.791. The van der Waals surface area contributed by atoms with E-state index >= 15 is 0 Å². The molecule has 110 valence electrons. The van der Waals surface area contributed by atoms with Crippen LogP contribution in [-0.2, 0) is 4.74 Å². The van der Waals surface area contributed by atoms with Gasteiger partial charge in [-0.25, -0.2) is 4.39 Å². The highest BCUT2D eigenvalue weighted by Crippen LogP contribution is 2.17. The molecule has 1 amide bonds. The number of methoxy groups -OCH3 is 1. The van der Waals surface area contributed by atoms with Gasteiger partial charge < -0.3 is 10.1 Å². The number of nitrogens with zero attached hydrogens (tertiary/aromatic N) is 1. The highest BCUT2D eigenvalue weighted by Gasteiger charge is 2.19. The van der Waals surface area contributed by atoms with Gasteiger partial charge >= 0.3 is 0 Å². The summed E-state index contributed by atoms with van der Waals surface area (Å²) in [6.07, 6.45) is 1.50. The molecule has 0 heterocycles. The van der Waals surface area contributed by atoms with Crippen molar-refractivity contribution in [3.8, 4) is 0 Å². The lowest BCUT2D eigenvalue weighted by Gasteiger charge is -2.17. The van der Waals surface area contributed by atoms with E-state index in [-0.39, 0.29) is 17.3 Å². The molecular formula is C13H17FN2O4. The fourth-order valence-electron chi connectivity index (χ4n) is 1.81. The molecule has 0 saturated heterocycles. The minimum Gasteiger partial charge on any atom is -0.383 e. The Morgan fingerprint density at radius 2 is 2.25 bits per heavy atom. The fourth-order valence-corrected chi connectivity index (χ4v) is 1.81. The zero-order valence-electron chi connectivity index (χ0n) is 11.4. The van der Waals surface area contributed by atoms with Gasteiger partial charge in [-0.3, -0.25) is 14.9 Å². The van der Waals surface area contributed by atoms with Crippen LogP contribution in [0.5, 0.6) is 0 Å². The highest BCUT2D eigenvalue weighted by atomic mass is 19.1. The van der Waals surface area contributed by atoms with Gasteiger partial charge in [-0.1, -0.05) is 13.3 Å². The second-order valence-corrected chi connectivity index (χ2v) is 4.34. The summed E-state index contributed by atoms with van der Waals surface area (Å²) in [4.78, 5) is 21.9. The lowest BCUT2D eigenvalue weighted by Crippen LogP contribution is -2.38. The zero-order chi connectivity index (χ0) is 15.1. The highest BCUT2D eigenvalue weighted by molar-refractivity contribution is 5.95. The van der Waals surface area contributed by atoms with E-state index in [1.807, 2.05) is 6.92 Å². The summed E-state index contributed by atoms with van der Waals surface area (Å²) < 4.78 is 18.6. The van der Waals surface area contributed by atoms with Crippen molar-refractivity contribution in [3.63, 3.8) is 0 Å². The predicted molar refractivity (Wildman–Crippen MR) is 71.1 cm³/mol. The molecule has 0 bridgehead atoms. The largest absolute Gasteiger partial charge is 0.383 e. The molecule has 6 nitrogen and oxygen atoms in total. The summed E-state index contributed by atoms with van der Waals surface area (Å²) in [6.45, 7) is 2.25. The van der Waals surface area contributed by atoms with Crippen LogP contribution in [0.1, 0.15) is 30.1 Å². The maximum atomic E-state index is 13.6. The average molecular weight is 284 g/mol. The number of hydrogen-bond acceptors (Lipinski definition) is 4. The molecule has 20 heavy (non-hydrogen) atoms. The first kappa shape index (κ1) is 16.0. The Bertz CT molecular complexity index is 487. The number of nitro benzene ring substituents is 1. The van der Waals surface area contributed by atoms with Crippen LogP contribution >= 0.6 is 0 Å². The molecule has 0 aliphatic heterocycles. The Morgan fingerprint density at radius 3 is 2.80 bits per heavy atom. The average Bonchev–Trinajstić information content (AvgIpc) is 2.39. The van der Waals surface area contributed by atoms with Crippen molar-refractivity contribution in [2.75, 3.05) is 13.7 Å². The molecule has 1 unspecified atom stereocenters. The Labute approximate surface area is 116 Å². The van der Waals surface area contributed by atoms with Gasteiger partial charge in [0, 0.05) is 19.2 Å². The topological polar surface area (TPSA) is 81.5 Å². The second-order valence-electron chi connectivity index (χ2n) is 4.34. The van der Waals surface area contributed by atoms with Gasteiger partial charge in [0.1, 0.15) is 5.82 Å². The van der Waals surface area contributed by atoms with Crippen molar-refractivity contribution in [2.45, 2.75) is 25.8 Å². The van der Waals surface area contributed by atoms with E-state index in [4.69, 9.17) is 4.74 Å². The summed E-state index contributed by atoms with van der Waals surface area (Å²) >= 11 is 0. The first-order chi connectivity index (χ1) is 9.49. The smallest absolute Gasteiger partial charge is 0.270 e. The molecule has 0 aliphatic rings. The molecule has 0 radical (unpaired) electrons. The number of benzene rings is 1. The molecule has 1 rings (SSSR count). The number of non-ortho nitro benzene ring substituents is 1. The summed E-state index contributed by atoms with van der Waals surface area (Å²) in [5, 5.41) is 13.3. The van der Waals surface area contributed by atoms with Gasteiger partial charge in [-0.15, -0.1) is 0 Å². The van der Waals surface area contributed by atoms with E-state index in [1.165, 1.54) is 7.11 Å². The van der Waals surface area contributed by atoms with Crippen molar-refractivity contribution in [1.82, 2.24) is 5.32 Å². The van der Waals surface area contributed by atoms with Gasteiger partial charge in [0.2, 0.25) is 0 Å². The van der Waals surface area contributed by atoms with Crippen LogP contribution in [0.25, 0.3) is 0 Å². The van der Waals surface area contributed by atoms with Gasteiger partial charge in [0.05, 0.1) is 23.1 Å². The summed E-state index contributed by atoms with van der Waals surface area (Å²) in [5.74, 6) is -1.47. The third-order valence-corrected chi connectivity index (χ3v) is 2.75. The monoisotopic (exact) mass is 284 g/mol. The molecule has 0 aliphatic carbocycles. The lowest BCUT2D eigenvalue weighted by atomic mass is 10.1. The number of amides is 1. The second kappa shape index (κ2) is 7.54. The number of carbonyl (C=O) groups is 1. The zero-order valence-corrected chi connectivity index (χ0v) is 11.4. The van der Waals surface area contributed by atoms with E-state index < -0.39 is 16.6 Å². The fraction of sp³-hybridized carbons (Fsp3) is 0.462. The minimum absolute atomic E-state index is 0.254. The molecule has 0 spiro atoms. The molecule has 0 fully saturated rings. The molecule has 1 atom stereocenters. The van der Waals surface area contributed by atoms with Crippen molar-refractivity contribution >= 4 is 11.6 Å². The van der Waals surface area contributed by atoms with E-state index in [2.05, 4.69) is 5.32 Å². The lowest BCUT2D eigenvalue weighted by molar-refractivity contribution is -0.384. The quantitative estimate of drug-likeness (QED) is 0.615. The van der Waals surface area contributed by atoms with Crippen LogP contribution in [0, 0.1) is 15.9 Å². The Hall–Kier alpha value is -2.02. The number of carbonyl (C=O) groups excluding carboxylic acids is 1. The number of nitrogens with one attached hydrogen (secondary N) is 1. The van der Waals surface area contributed by atoms with E-state index in [9.17, 15) is 19.3 Å². The third-order valence-electron chi connectivity index (χ3n) is 2.75. The van der Waals surface area contributed by atoms with Crippen LogP contribution in [0.4, 0.5) is 10.1 Å². The van der Waals surface area contributed by atoms with Gasteiger partial charge in [-0.2, -0.15) is 0 Å². The van der Waals surface area contributed by atoms with E-state index in [1.54, 1.807) is 0 Å². The first-order valence-electron chi connectivity index (χ1n) is 6.23. The molecule has 0 saturated carbocycles. The summed E-state index contributed by atoms with van der Waals surface area (Å²) in [5.41, 5.74) is -0.660. The summed E-state index contributed by atoms with van der Waals surface area (Å²) in [7, 11) is 1.50. The normalized spacial score (nSPS) is 11.9. The number of hydrogen-bond donors (Lipinski definition) is 1. The number of nitro groups is 1. The van der Waals surface area contributed by atoms with Gasteiger partial charge in [0.15, 0.2) is 0 Å². The molecule has 0 aromatic heterocycles. The van der Waals surface area contributed by atoms with Crippen molar-refractivity contribution in [2.24, 2.45) is 0 Å². The standard InChI is InChI=1S/C13H17FN2O4/c1-3-4-9(8-20-2)15-13(17)11-7-10(16(18)19)5-6-12(11)14/h5-7,9H,3-4,8H2,1-2H3,(H,15,17). The molecular weight excluding hydrogens is 267 g/mol. The molecule has 1 N–H and O–H groups in total. The summed E-state index contributed by atoms with van der Waals surface area (Å²) in [6, 6.07) is 2.61. The van der Waals surface area contributed by atoms with Crippen molar-refractivity contribution < 1.29 is 18.8 Å². The Balaban J connectivity index is 2.90. The van der Waals surface area contributed by atoms with Crippen LogP contribution in [0.2, 0.25) is 0 Å². The SMILES string of the molecule is CCCC(COC)NC(=O)c1cc([N+](=O)[O-])ccc1F. The predicted octanol–water partition coefficient (Wildman–Crippen LogP) is 2.28. The Kier molecular flexibility index (Phi) is 6.05.